The van der Waals surface area contributed by atoms with Crippen molar-refractivity contribution >= 4 is 17.7 Å². The van der Waals surface area contributed by atoms with Crippen molar-refractivity contribution in [2.24, 2.45) is 0 Å². The number of hydrogen-bond acceptors (Lipinski definition) is 36. The van der Waals surface area contributed by atoms with Gasteiger partial charge in [0.2, 0.25) is 17.7 Å². The summed E-state index contributed by atoms with van der Waals surface area (Å²) in [5, 5.41) is 224. The Kier molecular flexibility index (Phi) is 51.5. The van der Waals surface area contributed by atoms with Crippen molar-refractivity contribution in [1.82, 2.24) is 16.0 Å². The van der Waals surface area contributed by atoms with Crippen LogP contribution in [-0.2, 0) is 80.7 Å². The average molecular weight is 1840 g/mol. The summed E-state index contributed by atoms with van der Waals surface area (Å²) >= 11 is 0. The van der Waals surface area contributed by atoms with Gasteiger partial charge in [0.15, 0.2) is 44.0 Å². The van der Waals surface area contributed by atoms with Crippen molar-refractivity contribution in [3.63, 3.8) is 0 Å². The number of nitrogens with one attached hydrogen (secondary N) is 3. The third kappa shape index (κ3) is 34.0. The number of amides is 3. The van der Waals surface area contributed by atoms with E-state index in [9.17, 15) is 111 Å². The number of carbonyl (C=O) groups is 3. The molecule has 0 aliphatic carbocycles. The zero-order valence-electron chi connectivity index (χ0n) is 75.2. The Labute approximate surface area is 747 Å². The summed E-state index contributed by atoms with van der Waals surface area (Å²) < 4.78 is 86.4. The topological polar surface area (TPSA) is 601 Å². The van der Waals surface area contributed by atoms with Crippen LogP contribution in [0.25, 0.3) is 0 Å². The molecule has 7 saturated heterocycles. The van der Waals surface area contributed by atoms with Gasteiger partial charge in [-0.05, 0) is 33.1 Å². The number of unbranched alkanes of at least 4 members (excludes halogenated alkanes) is 31. The number of rotatable bonds is 59. The molecule has 0 aromatic rings. The normalized spacial score (nSPS) is 37.9. The van der Waals surface area contributed by atoms with Crippen LogP contribution in [-0.4, -0.2) is 381 Å². The maximum Gasteiger partial charge on any atom is 0.220 e. The van der Waals surface area contributed by atoms with E-state index in [1.54, 1.807) is 6.08 Å². The van der Waals surface area contributed by atoms with Crippen molar-refractivity contribution in [3.05, 3.63) is 12.2 Å². The maximum absolute atomic E-state index is 13.8. The summed E-state index contributed by atoms with van der Waals surface area (Å²) in [5.41, 5.74) is 0. The maximum atomic E-state index is 13.8. The molecule has 39 nitrogen and oxygen atoms in total. The molecule has 127 heavy (non-hydrogen) atoms. The molecule has 0 spiro atoms. The first-order chi connectivity index (χ1) is 61.0. The van der Waals surface area contributed by atoms with Crippen molar-refractivity contribution in [1.29, 1.82) is 0 Å². The first-order valence-electron chi connectivity index (χ1n) is 47.2. The Hall–Kier alpha value is -3.17. The molecule has 7 aliphatic heterocycles. The van der Waals surface area contributed by atoms with E-state index in [1.807, 2.05) is 6.08 Å². The summed E-state index contributed by atoms with van der Waals surface area (Å²) in [4.78, 5) is 40.2. The highest BCUT2D eigenvalue weighted by Gasteiger charge is 2.61. The monoisotopic (exact) mass is 1830 g/mol. The van der Waals surface area contributed by atoms with Crippen molar-refractivity contribution in [3.8, 4) is 0 Å². The highest BCUT2D eigenvalue weighted by Crippen LogP contribution is 2.41. The number of aliphatic hydroxyl groups is 19. The Bertz CT molecular complexity index is 3000. The summed E-state index contributed by atoms with van der Waals surface area (Å²) in [7, 11) is 0. The Morgan fingerprint density at radius 1 is 0.323 bits per heavy atom. The van der Waals surface area contributed by atoms with Gasteiger partial charge in [0.05, 0.1) is 64.0 Å². The second-order valence-electron chi connectivity index (χ2n) is 35.6. The summed E-state index contributed by atoms with van der Waals surface area (Å²) in [6.07, 6.45) is -24.6. The van der Waals surface area contributed by atoms with Gasteiger partial charge in [-0.25, -0.2) is 0 Å². The van der Waals surface area contributed by atoms with Crippen LogP contribution in [0.5, 0.6) is 0 Å². The minimum atomic E-state index is -2.34. The zero-order chi connectivity index (χ0) is 92.8. The molecule has 7 heterocycles. The van der Waals surface area contributed by atoms with Crippen LogP contribution in [0, 0.1) is 0 Å². The van der Waals surface area contributed by atoms with E-state index in [0.29, 0.717) is 12.8 Å². The first-order valence-corrected chi connectivity index (χ1v) is 47.2. The molecule has 37 atom stereocenters. The lowest BCUT2D eigenvalue weighted by atomic mass is 9.93. The molecular formula is C88H159N3O36. The van der Waals surface area contributed by atoms with Gasteiger partial charge in [0, 0.05) is 20.3 Å². The molecule has 14 unspecified atom stereocenters. The second-order valence-corrected chi connectivity index (χ2v) is 35.6. The van der Waals surface area contributed by atoms with Crippen LogP contribution in [0.1, 0.15) is 260 Å². The van der Waals surface area contributed by atoms with Crippen molar-refractivity contribution in [2.45, 2.75) is 487 Å². The highest BCUT2D eigenvalue weighted by atomic mass is 16.8. The number of ether oxygens (including phenoxy) is 14. The quantitative estimate of drug-likeness (QED) is 0.0277. The summed E-state index contributed by atoms with van der Waals surface area (Å²) in [6.45, 7) is 3.11. The minimum absolute atomic E-state index is 0.149. The van der Waals surface area contributed by atoms with Crippen LogP contribution in [0.15, 0.2) is 12.2 Å². The van der Waals surface area contributed by atoms with Gasteiger partial charge in [0.25, 0.3) is 0 Å². The lowest BCUT2D eigenvalue weighted by Crippen LogP contribution is -2.72. The Morgan fingerprint density at radius 3 is 1.14 bits per heavy atom. The fourth-order valence-electron chi connectivity index (χ4n) is 17.5. The van der Waals surface area contributed by atoms with E-state index in [1.165, 1.54) is 162 Å². The van der Waals surface area contributed by atoms with E-state index >= 15 is 0 Å². The first kappa shape index (κ1) is 111. The molecule has 7 rings (SSSR count). The standard InChI is InChI=1S/C88H159N3O36/c1-7-9-11-13-15-17-19-21-22-23-24-25-26-27-28-30-32-34-36-38-40-42-60(100)91-53(54(99)41-39-37-35-33-31-29-20-18-16-14-12-10-8-2)48-114-84-74(112)71(109)76(58(46-95)121-84)122-87-75(113)79(66(104)56(44-93)118-87)125-83-62(90-52(6)98)78(77(59(47-96)120-83)123-85-72(110)69(107)63(101)49(3)115-85)124-88-81(127-86-73(111)70(108)64(102)50(4)116-86)80(67(105)57(45-94)119-88)126-82-61(89-51(5)97)68(106)65(103)55(43-92)117-82/h39,41,49-50,53-59,61-88,92-96,99,101-113H,7-38,40,42-48H2,1-6H3,(H,89,97)(H,90,98)(H,91,100)/b41-39+/t49?,50?,53-,54+,55?,56?,57?,58?,59?,61?,62?,63+,64+,65-,66-,67-,68+,69?,70?,71+,72-,73-,74?,75?,76+,77+,78+,79-,80-,81?,82+,83-,84+,85+,86+,87-,88-/m0/s1. The SMILES string of the molecule is CCCCCCCCCCCCC/C=C/[C@@H](O)[C@H](CO[C@@H]1OC(CO)[C@@H](O[C@@H]2OC(CO)[C@H](O)[C@H](O[C@@H]3OC(CO)[C@@H](O[C@H]4OC(C)[C@@H](O)C(O)[C@@H]4O)[C@H](O[C@@H]4OC(CO)[C@H](O)[C@H](O[C@H]5OC(CO)[C@H](O)[C@H](O)C5NC(C)=O)C4O[C@H]4OC(C)[C@@H](O)C(O)[C@@H]4O)C3NC(C)=O)C2O)[C@H](O)C1O)NC(=O)CCCCCCCCCCCCCCCCCCCCCCC. The van der Waals surface area contributed by atoms with Crippen LogP contribution in [0.2, 0.25) is 0 Å². The van der Waals surface area contributed by atoms with Gasteiger partial charge in [-0.3, -0.25) is 14.4 Å². The molecule has 0 radical (unpaired) electrons. The third-order valence-corrected chi connectivity index (χ3v) is 25.3. The van der Waals surface area contributed by atoms with E-state index < -0.39 is 278 Å². The fraction of sp³-hybridized carbons (Fsp3) is 0.943. The zero-order valence-corrected chi connectivity index (χ0v) is 75.2. The summed E-state index contributed by atoms with van der Waals surface area (Å²) in [6, 6.07) is -4.92. The Balaban J connectivity index is 1.08. The van der Waals surface area contributed by atoms with Crippen molar-refractivity contribution < 1.29 is 178 Å². The predicted molar refractivity (Wildman–Crippen MR) is 451 cm³/mol. The average Bonchev–Trinajstić information content (AvgIpc) is 0.755. The van der Waals surface area contributed by atoms with E-state index in [4.69, 9.17) is 66.3 Å². The molecule has 0 saturated carbocycles. The molecule has 742 valence electrons. The smallest absolute Gasteiger partial charge is 0.220 e. The van der Waals surface area contributed by atoms with Crippen LogP contribution in [0.4, 0.5) is 0 Å². The van der Waals surface area contributed by atoms with Gasteiger partial charge in [0.1, 0.15) is 159 Å². The largest absolute Gasteiger partial charge is 0.394 e. The molecule has 7 fully saturated rings. The molecular weight excluding hydrogens is 1670 g/mol. The third-order valence-electron chi connectivity index (χ3n) is 25.3. The predicted octanol–water partition coefficient (Wildman–Crippen LogP) is -0.204. The molecule has 0 aromatic heterocycles. The molecule has 3 amide bonds. The number of allylic oxidation sites excluding steroid dienone is 1. The highest BCUT2D eigenvalue weighted by molar-refractivity contribution is 5.76. The van der Waals surface area contributed by atoms with E-state index in [2.05, 4.69) is 29.8 Å². The van der Waals surface area contributed by atoms with Crippen molar-refractivity contribution in [2.75, 3.05) is 39.6 Å². The van der Waals surface area contributed by atoms with Gasteiger partial charge in [-0.1, -0.05) is 219 Å². The van der Waals surface area contributed by atoms with E-state index in [-0.39, 0.29) is 12.3 Å². The minimum Gasteiger partial charge on any atom is -0.394 e. The van der Waals surface area contributed by atoms with Gasteiger partial charge >= 0.3 is 0 Å². The lowest BCUT2D eigenvalue weighted by Gasteiger charge is -2.53. The Morgan fingerprint density at radius 2 is 0.669 bits per heavy atom. The second kappa shape index (κ2) is 59.0. The van der Waals surface area contributed by atoms with Crippen LogP contribution >= 0.6 is 0 Å². The molecule has 7 aliphatic rings. The van der Waals surface area contributed by atoms with Gasteiger partial charge < -0.3 is 179 Å². The molecule has 22 N–H and O–H groups in total. The van der Waals surface area contributed by atoms with Gasteiger partial charge in [-0.15, -0.1) is 0 Å². The van der Waals surface area contributed by atoms with Crippen LogP contribution in [0.3, 0.4) is 0 Å². The lowest BCUT2D eigenvalue weighted by molar-refractivity contribution is -0.408. The van der Waals surface area contributed by atoms with Gasteiger partial charge in [-0.2, -0.15) is 0 Å². The number of aliphatic hydroxyl groups excluding tert-OH is 19. The summed E-state index contributed by atoms with van der Waals surface area (Å²) in [5.74, 6) is -2.18. The van der Waals surface area contributed by atoms with Crippen LogP contribution < -0.4 is 16.0 Å². The molecule has 39 heteroatoms. The fourth-order valence-corrected chi connectivity index (χ4v) is 17.5. The molecule has 0 bridgehead atoms. The van der Waals surface area contributed by atoms with E-state index in [0.717, 1.165) is 65.2 Å². The number of hydrogen-bond donors (Lipinski definition) is 22. The molecule has 0 aromatic carbocycles. The number of carbonyl (C=O) groups excluding carboxylic acids is 3.